The summed E-state index contributed by atoms with van der Waals surface area (Å²) < 4.78 is 5.69. The third-order valence-corrected chi connectivity index (χ3v) is 4.22. The molecule has 0 radical (unpaired) electrons. The van der Waals surface area contributed by atoms with Crippen molar-refractivity contribution in [2.24, 2.45) is 0 Å². The molecule has 1 fully saturated rings. The predicted octanol–water partition coefficient (Wildman–Crippen LogP) is 3.03. The van der Waals surface area contributed by atoms with E-state index in [1.165, 1.54) is 12.8 Å². The second-order valence-corrected chi connectivity index (χ2v) is 5.81. The minimum absolute atomic E-state index is 0.133. The second kappa shape index (κ2) is 8.79. The first kappa shape index (κ1) is 16.8. The molecule has 2 rings (SSSR count). The van der Waals surface area contributed by atoms with Gasteiger partial charge >= 0.3 is 0 Å². The minimum Gasteiger partial charge on any atom is -0.494 e. The van der Waals surface area contributed by atoms with Gasteiger partial charge in [-0.3, -0.25) is 4.79 Å². The van der Waals surface area contributed by atoms with E-state index in [2.05, 4.69) is 18.7 Å². The zero-order valence-electron chi connectivity index (χ0n) is 13.9. The third-order valence-electron chi connectivity index (χ3n) is 4.22. The number of ether oxygens (including phenoxy) is 1. The van der Waals surface area contributed by atoms with Gasteiger partial charge in [0.25, 0.3) is 5.91 Å². The third kappa shape index (κ3) is 4.73. The van der Waals surface area contributed by atoms with Crippen LogP contribution in [0.25, 0.3) is 0 Å². The fourth-order valence-electron chi connectivity index (χ4n) is 2.69. The molecule has 1 heterocycles. The minimum atomic E-state index is 0.133. The van der Waals surface area contributed by atoms with Crippen LogP contribution >= 0.6 is 0 Å². The average Bonchev–Trinajstić information content (AvgIpc) is 2.59. The number of carbonyl (C=O) groups excluding carboxylic acids is 1. The van der Waals surface area contributed by atoms with E-state index >= 15 is 0 Å². The second-order valence-electron chi connectivity index (χ2n) is 5.81. The molecule has 1 aliphatic rings. The topological polar surface area (TPSA) is 32.8 Å². The highest BCUT2D eigenvalue weighted by Gasteiger charge is 2.21. The number of unbranched alkanes of at least 4 members (excludes halogenated alkanes) is 2. The summed E-state index contributed by atoms with van der Waals surface area (Å²) in [6, 6.07) is 7.57. The maximum atomic E-state index is 12.5. The van der Waals surface area contributed by atoms with Gasteiger partial charge in [-0.1, -0.05) is 26.7 Å². The summed E-state index contributed by atoms with van der Waals surface area (Å²) in [5.74, 6) is 0.983. The number of carbonyl (C=O) groups is 1. The van der Waals surface area contributed by atoms with E-state index in [-0.39, 0.29) is 5.91 Å². The lowest BCUT2D eigenvalue weighted by molar-refractivity contribution is 0.0643. The van der Waals surface area contributed by atoms with Crippen LogP contribution in [0.15, 0.2) is 24.3 Å². The number of amides is 1. The van der Waals surface area contributed by atoms with Gasteiger partial charge in [-0.25, -0.2) is 0 Å². The van der Waals surface area contributed by atoms with Crippen LogP contribution in [0.1, 0.15) is 43.5 Å². The van der Waals surface area contributed by atoms with Crippen molar-refractivity contribution in [2.75, 3.05) is 39.3 Å². The van der Waals surface area contributed by atoms with Crippen molar-refractivity contribution in [1.82, 2.24) is 9.80 Å². The summed E-state index contributed by atoms with van der Waals surface area (Å²) in [5.41, 5.74) is 0.755. The van der Waals surface area contributed by atoms with Gasteiger partial charge in [-0.05, 0) is 37.2 Å². The number of nitrogens with zero attached hydrogens (tertiary/aromatic N) is 2. The van der Waals surface area contributed by atoms with Crippen LogP contribution < -0.4 is 4.74 Å². The molecule has 0 unspecified atom stereocenters. The molecule has 1 aromatic carbocycles. The Kier molecular flexibility index (Phi) is 6.72. The summed E-state index contributed by atoms with van der Waals surface area (Å²) in [7, 11) is 0. The van der Waals surface area contributed by atoms with Crippen LogP contribution in [0.2, 0.25) is 0 Å². The van der Waals surface area contributed by atoms with Gasteiger partial charge in [0.15, 0.2) is 0 Å². The van der Waals surface area contributed by atoms with E-state index in [0.717, 1.165) is 57.1 Å². The SMILES string of the molecule is CCCCCOc1ccc(C(=O)N2CCN(CC)CC2)cc1. The average molecular weight is 304 g/mol. The Morgan fingerprint density at radius 2 is 1.73 bits per heavy atom. The van der Waals surface area contributed by atoms with Gasteiger partial charge in [-0.2, -0.15) is 0 Å². The first-order valence-corrected chi connectivity index (χ1v) is 8.49. The van der Waals surface area contributed by atoms with Crippen molar-refractivity contribution in [2.45, 2.75) is 33.1 Å². The molecular weight excluding hydrogens is 276 g/mol. The molecule has 4 heteroatoms. The molecule has 22 heavy (non-hydrogen) atoms. The van der Waals surface area contributed by atoms with Crippen LogP contribution in [0.3, 0.4) is 0 Å². The van der Waals surface area contributed by atoms with E-state index in [9.17, 15) is 4.79 Å². The number of rotatable bonds is 7. The maximum absolute atomic E-state index is 12.5. The van der Waals surface area contributed by atoms with Crippen molar-refractivity contribution < 1.29 is 9.53 Å². The van der Waals surface area contributed by atoms with E-state index in [0.29, 0.717) is 0 Å². The Balaban J connectivity index is 1.83. The Morgan fingerprint density at radius 3 is 2.32 bits per heavy atom. The van der Waals surface area contributed by atoms with Gasteiger partial charge < -0.3 is 14.5 Å². The summed E-state index contributed by atoms with van der Waals surface area (Å²) in [4.78, 5) is 16.8. The number of hydrogen-bond donors (Lipinski definition) is 0. The first-order chi connectivity index (χ1) is 10.7. The van der Waals surface area contributed by atoms with E-state index in [4.69, 9.17) is 4.74 Å². The standard InChI is InChI=1S/C18H28N2O2/c1-3-5-6-15-22-17-9-7-16(8-10-17)18(21)20-13-11-19(4-2)12-14-20/h7-10H,3-6,11-15H2,1-2H3. The molecular formula is C18H28N2O2. The molecule has 1 saturated heterocycles. The molecule has 0 saturated carbocycles. The van der Waals surface area contributed by atoms with Crippen molar-refractivity contribution in [3.8, 4) is 5.75 Å². The van der Waals surface area contributed by atoms with Crippen molar-refractivity contribution in [3.63, 3.8) is 0 Å². The summed E-state index contributed by atoms with van der Waals surface area (Å²) >= 11 is 0. The zero-order chi connectivity index (χ0) is 15.8. The van der Waals surface area contributed by atoms with Crippen LogP contribution in [-0.4, -0.2) is 55.0 Å². The van der Waals surface area contributed by atoms with Gasteiger partial charge in [0.1, 0.15) is 5.75 Å². The monoisotopic (exact) mass is 304 g/mol. The lowest BCUT2D eigenvalue weighted by Gasteiger charge is -2.34. The van der Waals surface area contributed by atoms with Gasteiger partial charge in [0.2, 0.25) is 0 Å². The van der Waals surface area contributed by atoms with Crippen LogP contribution in [0, 0.1) is 0 Å². The zero-order valence-corrected chi connectivity index (χ0v) is 13.9. The van der Waals surface area contributed by atoms with Crippen molar-refractivity contribution in [3.05, 3.63) is 29.8 Å². The highest BCUT2D eigenvalue weighted by Crippen LogP contribution is 2.15. The number of piperazine rings is 1. The van der Waals surface area contributed by atoms with Crippen LogP contribution in [0.5, 0.6) is 5.75 Å². The van der Waals surface area contributed by atoms with Crippen molar-refractivity contribution in [1.29, 1.82) is 0 Å². The summed E-state index contributed by atoms with van der Waals surface area (Å²) in [6.45, 7) is 9.75. The van der Waals surface area contributed by atoms with Crippen molar-refractivity contribution >= 4 is 5.91 Å². The molecule has 0 bridgehead atoms. The number of benzene rings is 1. The van der Waals surface area contributed by atoms with Gasteiger partial charge in [0.05, 0.1) is 6.61 Å². The van der Waals surface area contributed by atoms with E-state index in [1.54, 1.807) is 0 Å². The van der Waals surface area contributed by atoms with Gasteiger partial charge in [0, 0.05) is 31.7 Å². The van der Waals surface area contributed by atoms with Crippen LogP contribution in [0.4, 0.5) is 0 Å². The number of likely N-dealkylation sites (N-methyl/N-ethyl adjacent to an activating group) is 1. The van der Waals surface area contributed by atoms with E-state index in [1.807, 2.05) is 29.2 Å². The molecule has 1 aromatic rings. The predicted molar refractivity (Wildman–Crippen MR) is 89.5 cm³/mol. The molecule has 0 aliphatic carbocycles. The Hall–Kier alpha value is -1.55. The summed E-state index contributed by atoms with van der Waals surface area (Å²) in [6.07, 6.45) is 3.47. The Bertz CT molecular complexity index is 451. The smallest absolute Gasteiger partial charge is 0.253 e. The molecule has 1 amide bonds. The highest BCUT2D eigenvalue weighted by atomic mass is 16.5. The molecule has 122 valence electrons. The summed E-state index contributed by atoms with van der Waals surface area (Å²) in [5, 5.41) is 0. The number of hydrogen-bond acceptors (Lipinski definition) is 3. The molecule has 1 aliphatic heterocycles. The molecule has 0 N–H and O–H groups in total. The van der Waals surface area contributed by atoms with Gasteiger partial charge in [-0.15, -0.1) is 0 Å². The van der Waals surface area contributed by atoms with Crippen LogP contribution in [-0.2, 0) is 0 Å². The largest absolute Gasteiger partial charge is 0.494 e. The molecule has 4 nitrogen and oxygen atoms in total. The normalized spacial score (nSPS) is 15.8. The fourth-order valence-corrected chi connectivity index (χ4v) is 2.69. The maximum Gasteiger partial charge on any atom is 0.253 e. The lowest BCUT2D eigenvalue weighted by Crippen LogP contribution is -2.48. The Morgan fingerprint density at radius 1 is 1.05 bits per heavy atom. The molecule has 0 spiro atoms. The highest BCUT2D eigenvalue weighted by molar-refractivity contribution is 5.94. The van der Waals surface area contributed by atoms with E-state index < -0.39 is 0 Å². The fraction of sp³-hybridized carbons (Fsp3) is 0.611. The molecule has 0 atom stereocenters. The quantitative estimate of drug-likeness (QED) is 0.726. The Labute approximate surface area is 134 Å². The lowest BCUT2D eigenvalue weighted by atomic mass is 10.1. The molecule has 0 aromatic heterocycles. The first-order valence-electron chi connectivity index (χ1n) is 8.49.